The van der Waals surface area contributed by atoms with Crippen LogP contribution in [0.4, 0.5) is 0 Å². The Bertz CT molecular complexity index is 1050. The van der Waals surface area contributed by atoms with Gasteiger partial charge in [0, 0.05) is 29.9 Å². The van der Waals surface area contributed by atoms with Crippen molar-refractivity contribution < 1.29 is 29.2 Å². The molecule has 0 bridgehead atoms. The zero-order valence-corrected chi connectivity index (χ0v) is 19.6. The number of phenols is 2. The van der Waals surface area contributed by atoms with Crippen LogP contribution in [0.15, 0.2) is 24.3 Å². The van der Waals surface area contributed by atoms with Gasteiger partial charge in [0.1, 0.15) is 0 Å². The molecule has 2 aliphatic rings. The molecule has 4 rings (SSSR count). The number of ether oxygens (including phenoxy) is 4. The van der Waals surface area contributed by atoms with Crippen molar-refractivity contribution in [2.75, 3.05) is 21.3 Å². The Morgan fingerprint density at radius 1 is 1.03 bits per heavy atom. The van der Waals surface area contributed by atoms with Crippen molar-refractivity contribution in [1.29, 1.82) is 0 Å². The van der Waals surface area contributed by atoms with Gasteiger partial charge in [0.25, 0.3) is 0 Å². The van der Waals surface area contributed by atoms with Crippen molar-refractivity contribution in [1.82, 2.24) is 10.6 Å². The first kappa shape index (κ1) is 22.1. The number of phenolic OH excluding ortho intramolecular Hbond substituents is 2. The number of methoxy groups -OCH3 is 3. The van der Waals surface area contributed by atoms with E-state index in [9.17, 15) is 10.2 Å². The van der Waals surface area contributed by atoms with Crippen molar-refractivity contribution in [2.24, 2.45) is 0 Å². The van der Waals surface area contributed by atoms with Crippen LogP contribution in [-0.2, 0) is 0 Å². The number of fused-ring (bicyclic) bond motifs is 1. The molecule has 32 heavy (non-hydrogen) atoms. The Morgan fingerprint density at radius 3 is 2.25 bits per heavy atom. The van der Waals surface area contributed by atoms with E-state index < -0.39 is 5.72 Å². The molecule has 2 heterocycles. The van der Waals surface area contributed by atoms with Gasteiger partial charge < -0.3 is 39.8 Å². The fraction of sp³-hybridized carbons (Fsp3) is 0.435. The number of hydrogen-bond acceptors (Lipinski definition) is 7. The van der Waals surface area contributed by atoms with Gasteiger partial charge in [0.2, 0.25) is 11.5 Å². The van der Waals surface area contributed by atoms with E-state index in [1.807, 2.05) is 26.0 Å². The van der Waals surface area contributed by atoms with Crippen molar-refractivity contribution in [3.63, 3.8) is 0 Å². The maximum Gasteiger partial charge on any atom is 0.203 e. The molecule has 0 unspecified atom stereocenters. The number of nitrogens with one attached hydrogen (secondary N) is 2. The molecule has 172 valence electrons. The minimum absolute atomic E-state index is 0.219. The molecular weight excluding hydrogens is 432 g/mol. The van der Waals surface area contributed by atoms with Gasteiger partial charge in [-0.15, -0.1) is 0 Å². The van der Waals surface area contributed by atoms with Gasteiger partial charge in [-0.2, -0.15) is 0 Å². The zero-order valence-electron chi connectivity index (χ0n) is 18.7. The summed E-state index contributed by atoms with van der Waals surface area (Å²) in [5.41, 5.74) is 0.392. The zero-order chi connectivity index (χ0) is 23.3. The van der Waals surface area contributed by atoms with E-state index in [1.54, 1.807) is 27.4 Å². The van der Waals surface area contributed by atoms with Crippen LogP contribution in [0.2, 0.25) is 0 Å². The maximum absolute atomic E-state index is 10.7. The molecule has 1 spiro atoms. The van der Waals surface area contributed by atoms with Gasteiger partial charge in [-0.1, -0.05) is 6.07 Å². The molecule has 2 aliphatic heterocycles. The van der Waals surface area contributed by atoms with Crippen LogP contribution < -0.4 is 29.6 Å². The normalized spacial score (nSPS) is 23.4. The van der Waals surface area contributed by atoms with Crippen LogP contribution in [-0.4, -0.2) is 47.9 Å². The number of rotatable bonds is 4. The monoisotopic (exact) mass is 460 g/mol. The Labute approximate surface area is 192 Å². The molecule has 9 heteroatoms. The summed E-state index contributed by atoms with van der Waals surface area (Å²) in [6.07, 6.45) is 1.09. The summed E-state index contributed by atoms with van der Waals surface area (Å²) in [6.45, 7) is 4.08. The molecule has 1 fully saturated rings. The fourth-order valence-electron chi connectivity index (χ4n) is 4.77. The van der Waals surface area contributed by atoms with Gasteiger partial charge >= 0.3 is 0 Å². The lowest BCUT2D eigenvalue weighted by Crippen LogP contribution is -2.69. The topological polar surface area (TPSA) is 101 Å². The van der Waals surface area contributed by atoms with Crippen molar-refractivity contribution in [3.8, 4) is 34.5 Å². The van der Waals surface area contributed by atoms with Crippen LogP contribution in [0.25, 0.3) is 0 Å². The van der Waals surface area contributed by atoms with Gasteiger partial charge in [-0.3, -0.25) is 0 Å². The van der Waals surface area contributed by atoms with E-state index in [-0.39, 0.29) is 28.7 Å². The summed E-state index contributed by atoms with van der Waals surface area (Å²) in [5.74, 6) is 1.01. The van der Waals surface area contributed by atoms with Crippen LogP contribution in [0.3, 0.4) is 0 Å². The van der Waals surface area contributed by atoms with Crippen molar-refractivity contribution in [3.05, 3.63) is 35.4 Å². The minimum Gasteiger partial charge on any atom is -0.504 e. The third kappa shape index (κ3) is 3.70. The molecule has 8 nitrogen and oxygen atoms in total. The summed E-state index contributed by atoms with van der Waals surface area (Å²) < 4.78 is 22.9. The standard InChI is InChI=1S/C23H28N2O6S/c1-22(2)11-23(25-21(32)24-22)10-14(13-6-7-15(26)18(27)19(13)31-23)12-8-16(28-3)20(30-5)17(9-12)29-4/h6-9,14,26-27H,10-11H2,1-5H3,(H2,24,25,32)/t14-,23+/m1/s1. The Balaban J connectivity index is 1.91. The molecule has 0 amide bonds. The predicted molar refractivity (Wildman–Crippen MR) is 123 cm³/mol. The first-order valence-corrected chi connectivity index (χ1v) is 10.7. The van der Waals surface area contributed by atoms with E-state index in [1.165, 1.54) is 6.07 Å². The molecule has 2 aromatic rings. The van der Waals surface area contributed by atoms with Crippen LogP contribution in [0, 0.1) is 0 Å². The highest BCUT2D eigenvalue weighted by Crippen LogP contribution is 2.53. The summed E-state index contributed by atoms with van der Waals surface area (Å²) in [4.78, 5) is 0. The average Bonchev–Trinajstić information content (AvgIpc) is 2.73. The van der Waals surface area contributed by atoms with Crippen LogP contribution in [0.1, 0.15) is 43.7 Å². The summed E-state index contributed by atoms with van der Waals surface area (Å²) in [6, 6.07) is 7.01. The lowest BCUT2D eigenvalue weighted by atomic mass is 9.77. The average molecular weight is 461 g/mol. The van der Waals surface area contributed by atoms with Gasteiger partial charge in [-0.05, 0) is 49.8 Å². The second-order valence-electron chi connectivity index (χ2n) is 8.80. The van der Waals surface area contributed by atoms with E-state index in [4.69, 9.17) is 31.2 Å². The first-order valence-electron chi connectivity index (χ1n) is 10.3. The molecule has 0 aromatic heterocycles. The number of hydrogen-bond donors (Lipinski definition) is 4. The van der Waals surface area contributed by atoms with Crippen molar-refractivity contribution >= 4 is 17.3 Å². The molecule has 2 aromatic carbocycles. The molecule has 0 saturated carbocycles. The highest BCUT2D eigenvalue weighted by Gasteiger charge is 2.49. The second kappa shape index (κ2) is 7.81. The highest BCUT2D eigenvalue weighted by atomic mass is 32.1. The Hall–Kier alpha value is -3.07. The number of benzene rings is 2. The molecule has 0 aliphatic carbocycles. The van der Waals surface area contributed by atoms with Gasteiger partial charge in [0.15, 0.2) is 33.8 Å². The van der Waals surface area contributed by atoms with E-state index in [2.05, 4.69) is 10.6 Å². The second-order valence-corrected chi connectivity index (χ2v) is 9.21. The van der Waals surface area contributed by atoms with Gasteiger partial charge in [0.05, 0.1) is 21.3 Å². The third-order valence-corrected chi connectivity index (χ3v) is 6.16. The van der Waals surface area contributed by atoms with Crippen molar-refractivity contribution in [2.45, 2.75) is 43.9 Å². The third-order valence-electron chi connectivity index (χ3n) is 5.96. The smallest absolute Gasteiger partial charge is 0.203 e. The Kier molecular flexibility index (Phi) is 5.40. The maximum atomic E-state index is 10.7. The number of aromatic hydroxyl groups is 2. The minimum atomic E-state index is -0.894. The molecule has 0 radical (unpaired) electrons. The van der Waals surface area contributed by atoms with Gasteiger partial charge in [-0.25, -0.2) is 0 Å². The molecule has 2 atom stereocenters. The quantitative estimate of drug-likeness (QED) is 0.404. The summed E-state index contributed by atoms with van der Waals surface area (Å²) in [7, 11) is 4.70. The largest absolute Gasteiger partial charge is 0.504 e. The van der Waals surface area contributed by atoms with E-state index >= 15 is 0 Å². The molecular formula is C23H28N2O6S. The van der Waals surface area contributed by atoms with Crippen LogP contribution in [0.5, 0.6) is 34.5 Å². The summed E-state index contributed by atoms with van der Waals surface area (Å²) in [5, 5.41) is 27.8. The molecule has 1 saturated heterocycles. The number of thiocarbonyl (C=S) groups is 1. The fourth-order valence-corrected chi connectivity index (χ4v) is 5.23. The van der Waals surface area contributed by atoms with E-state index in [0.29, 0.717) is 35.2 Å². The first-order chi connectivity index (χ1) is 15.1. The predicted octanol–water partition coefficient (Wildman–Crippen LogP) is 3.38. The molecule has 4 N–H and O–H groups in total. The summed E-state index contributed by atoms with van der Waals surface area (Å²) >= 11 is 5.46. The van der Waals surface area contributed by atoms with E-state index in [0.717, 1.165) is 11.1 Å². The van der Waals surface area contributed by atoms with Crippen LogP contribution >= 0.6 is 12.2 Å². The highest BCUT2D eigenvalue weighted by molar-refractivity contribution is 7.80. The SMILES string of the molecule is COc1cc([C@H]2C[C@@]3(CC(C)(C)NC(=S)N3)Oc3c2ccc(O)c3O)cc(OC)c1OC. The lowest BCUT2D eigenvalue weighted by molar-refractivity contribution is -0.0150. The Morgan fingerprint density at radius 2 is 1.69 bits per heavy atom. The lowest BCUT2D eigenvalue weighted by Gasteiger charge is -2.50.